The molecule has 1 rings (SSSR count). The Balaban J connectivity index is 2.98. The standard InChI is InChI=1S/C14H18Cl2O2/c1-13(2,3)9-6-7-11(10(15)8-9)18-12(17)14(4,5)16/h6-8H,1-5H3. The number of carbonyl (C=O) groups excluding carboxylic acids is 1. The van der Waals surface area contributed by atoms with E-state index in [1.54, 1.807) is 19.9 Å². The Morgan fingerprint density at radius 3 is 2.11 bits per heavy atom. The SMILES string of the molecule is CC(C)(Cl)C(=O)Oc1ccc(C(C)(C)C)cc1Cl. The Hall–Kier alpha value is -0.730. The normalized spacial score (nSPS) is 12.4. The first kappa shape index (κ1) is 15.3. The Kier molecular flexibility index (Phi) is 4.34. The highest BCUT2D eigenvalue weighted by atomic mass is 35.5. The van der Waals surface area contributed by atoms with Gasteiger partial charge in [0.05, 0.1) is 5.02 Å². The first-order valence-electron chi connectivity index (χ1n) is 5.73. The van der Waals surface area contributed by atoms with E-state index in [4.69, 9.17) is 27.9 Å². The maximum absolute atomic E-state index is 11.7. The fourth-order valence-electron chi connectivity index (χ4n) is 1.27. The van der Waals surface area contributed by atoms with Crippen molar-refractivity contribution in [2.45, 2.75) is 44.9 Å². The molecule has 0 heterocycles. The average molecular weight is 289 g/mol. The van der Waals surface area contributed by atoms with Crippen molar-refractivity contribution >= 4 is 29.2 Å². The van der Waals surface area contributed by atoms with Gasteiger partial charge in [0, 0.05) is 0 Å². The van der Waals surface area contributed by atoms with Gasteiger partial charge < -0.3 is 4.74 Å². The lowest BCUT2D eigenvalue weighted by molar-refractivity contribution is -0.136. The fraction of sp³-hybridized carbons (Fsp3) is 0.500. The third kappa shape index (κ3) is 3.89. The molecule has 0 saturated carbocycles. The van der Waals surface area contributed by atoms with Crippen LogP contribution in [0, 0.1) is 0 Å². The third-order valence-electron chi connectivity index (χ3n) is 2.49. The zero-order valence-corrected chi connectivity index (χ0v) is 12.8. The minimum absolute atomic E-state index is 0.00205. The lowest BCUT2D eigenvalue weighted by atomic mass is 9.87. The minimum Gasteiger partial charge on any atom is -0.424 e. The quantitative estimate of drug-likeness (QED) is 0.453. The van der Waals surface area contributed by atoms with Crippen LogP contribution in [-0.4, -0.2) is 10.8 Å². The van der Waals surface area contributed by atoms with Crippen LogP contribution in [-0.2, 0) is 10.2 Å². The number of hydrogen-bond acceptors (Lipinski definition) is 2. The number of alkyl halides is 1. The van der Waals surface area contributed by atoms with E-state index in [9.17, 15) is 4.79 Å². The largest absolute Gasteiger partial charge is 0.424 e. The molecule has 4 heteroatoms. The molecule has 1 aromatic carbocycles. The van der Waals surface area contributed by atoms with Crippen LogP contribution in [0.5, 0.6) is 5.75 Å². The molecule has 0 aliphatic heterocycles. The van der Waals surface area contributed by atoms with Crippen molar-refractivity contribution in [1.82, 2.24) is 0 Å². The van der Waals surface area contributed by atoms with Gasteiger partial charge in [-0.05, 0) is 37.0 Å². The van der Waals surface area contributed by atoms with Crippen molar-refractivity contribution in [2.24, 2.45) is 0 Å². The number of carbonyl (C=O) groups is 1. The predicted octanol–water partition coefficient (Wildman–Crippen LogP) is 4.56. The van der Waals surface area contributed by atoms with Gasteiger partial charge in [0.2, 0.25) is 0 Å². The first-order valence-corrected chi connectivity index (χ1v) is 6.48. The van der Waals surface area contributed by atoms with Gasteiger partial charge in [0.25, 0.3) is 0 Å². The van der Waals surface area contributed by atoms with E-state index >= 15 is 0 Å². The molecule has 0 spiro atoms. The van der Waals surface area contributed by atoms with E-state index in [1.807, 2.05) is 12.1 Å². The molecule has 0 N–H and O–H groups in total. The third-order valence-corrected chi connectivity index (χ3v) is 2.94. The van der Waals surface area contributed by atoms with E-state index in [0.29, 0.717) is 10.8 Å². The van der Waals surface area contributed by atoms with Crippen LogP contribution in [0.4, 0.5) is 0 Å². The summed E-state index contributed by atoms with van der Waals surface area (Å²) in [6.45, 7) is 9.42. The molecule has 0 amide bonds. The number of ether oxygens (including phenoxy) is 1. The van der Waals surface area contributed by atoms with Gasteiger partial charge in [-0.3, -0.25) is 0 Å². The molecule has 0 fully saturated rings. The topological polar surface area (TPSA) is 26.3 Å². The highest BCUT2D eigenvalue weighted by Gasteiger charge is 2.27. The molecule has 1 aromatic rings. The highest BCUT2D eigenvalue weighted by molar-refractivity contribution is 6.34. The number of halogens is 2. The lowest BCUT2D eigenvalue weighted by Gasteiger charge is -2.20. The van der Waals surface area contributed by atoms with Crippen molar-refractivity contribution in [3.05, 3.63) is 28.8 Å². The number of benzene rings is 1. The van der Waals surface area contributed by atoms with Crippen molar-refractivity contribution in [3.8, 4) is 5.75 Å². The molecule has 0 radical (unpaired) electrons. The van der Waals surface area contributed by atoms with Crippen LogP contribution in [0.3, 0.4) is 0 Å². The molecule has 0 aromatic heterocycles. The summed E-state index contributed by atoms with van der Waals surface area (Å²) in [6, 6.07) is 5.41. The van der Waals surface area contributed by atoms with E-state index in [-0.39, 0.29) is 5.41 Å². The Morgan fingerprint density at radius 2 is 1.72 bits per heavy atom. The van der Waals surface area contributed by atoms with E-state index in [2.05, 4.69) is 20.8 Å². The molecule has 18 heavy (non-hydrogen) atoms. The molecule has 0 bridgehead atoms. The summed E-state index contributed by atoms with van der Waals surface area (Å²) in [5.41, 5.74) is 1.08. The summed E-state index contributed by atoms with van der Waals surface area (Å²) in [6.07, 6.45) is 0. The monoisotopic (exact) mass is 288 g/mol. The molecule has 0 atom stereocenters. The van der Waals surface area contributed by atoms with Crippen LogP contribution in [0.2, 0.25) is 5.02 Å². The Labute approximate surface area is 118 Å². The Bertz CT molecular complexity index is 454. The smallest absolute Gasteiger partial charge is 0.332 e. The van der Waals surface area contributed by atoms with Gasteiger partial charge in [-0.15, -0.1) is 11.6 Å². The summed E-state index contributed by atoms with van der Waals surface area (Å²) in [5.74, 6) is -0.182. The summed E-state index contributed by atoms with van der Waals surface area (Å²) < 4.78 is 5.17. The zero-order chi connectivity index (χ0) is 14.1. The van der Waals surface area contributed by atoms with E-state index in [1.165, 1.54) is 0 Å². The average Bonchev–Trinajstić information content (AvgIpc) is 2.17. The van der Waals surface area contributed by atoms with Gasteiger partial charge in [0.1, 0.15) is 10.6 Å². The number of hydrogen-bond donors (Lipinski definition) is 0. The molecular weight excluding hydrogens is 271 g/mol. The van der Waals surface area contributed by atoms with Gasteiger partial charge in [-0.2, -0.15) is 0 Å². The molecule has 0 unspecified atom stereocenters. The van der Waals surface area contributed by atoms with Crippen molar-refractivity contribution in [2.75, 3.05) is 0 Å². The molecular formula is C14H18Cl2O2. The first-order chi connectivity index (χ1) is 8.01. The van der Waals surface area contributed by atoms with Crippen LogP contribution in [0.1, 0.15) is 40.2 Å². The predicted molar refractivity (Wildman–Crippen MR) is 75.7 cm³/mol. The molecule has 100 valence electrons. The second kappa shape index (κ2) is 5.10. The summed E-state index contributed by atoms with van der Waals surface area (Å²) in [5, 5.41) is 0.414. The molecule has 2 nitrogen and oxygen atoms in total. The number of esters is 1. The second-order valence-electron chi connectivity index (χ2n) is 5.76. The summed E-state index contributed by atoms with van der Waals surface area (Å²) in [4.78, 5) is 10.6. The fourth-order valence-corrected chi connectivity index (χ4v) is 1.53. The highest BCUT2D eigenvalue weighted by Crippen LogP contribution is 2.32. The summed E-state index contributed by atoms with van der Waals surface area (Å²) >= 11 is 12.0. The van der Waals surface area contributed by atoms with E-state index in [0.717, 1.165) is 5.56 Å². The van der Waals surface area contributed by atoms with Crippen LogP contribution in [0.25, 0.3) is 0 Å². The Morgan fingerprint density at radius 1 is 1.17 bits per heavy atom. The van der Waals surface area contributed by atoms with Crippen LogP contribution < -0.4 is 4.74 Å². The number of rotatable bonds is 2. The van der Waals surface area contributed by atoms with Gasteiger partial charge in [-0.25, -0.2) is 4.79 Å². The van der Waals surface area contributed by atoms with Crippen LogP contribution in [0.15, 0.2) is 18.2 Å². The minimum atomic E-state index is -1.06. The van der Waals surface area contributed by atoms with Gasteiger partial charge >= 0.3 is 5.97 Å². The van der Waals surface area contributed by atoms with Gasteiger partial charge in [-0.1, -0.05) is 38.4 Å². The summed E-state index contributed by atoms with van der Waals surface area (Å²) in [7, 11) is 0. The van der Waals surface area contributed by atoms with Crippen molar-refractivity contribution < 1.29 is 9.53 Å². The molecule has 0 aliphatic carbocycles. The van der Waals surface area contributed by atoms with Crippen LogP contribution >= 0.6 is 23.2 Å². The lowest BCUT2D eigenvalue weighted by Crippen LogP contribution is -2.29. The van der Waals surface area contributed by atoms with Crippen molar-refractivity contribution in [3.63, 3.8) is 0 Å². The van der Waals surface area contributed by atoms with Gasteiger partial charge in [0.15, 0.2) is 0 Å². The molecule has 0 saturated heterocycles. The van der Waals surface area contributed by atoms with Crippen molar-refractivity contribution in [1.29, 1.82) is 0 Å². The zero-order valence-electron chi connectivity index (χ0n) is 11.3. The molecule has 0 aliphatic rings. The maximum atomic E-state index is 11.7. The maximum Gasteiger partial charge on any atom is 0.332 e. The second-order valence-corrected chi connectivity index (χ2v) is 7.11. The van der Waals surface area contributed by atoms with E-state index < -0.39 is 10.8 Å².